The maximum atomic E-state index is 13.5. The van der Waals surface area contributed by atoms with E-state index >= 15 is 0 Å². The zero-order chi connectivity index (χ0) is 19.7. The Kier molecular flexibility index (Phi) is 4.57. The molecule has 0 bridgehead atoms. The van der Waals surface area contributed by atoms with Crippen LogP contribution in [0.25, 0.3) is 0 Å². The molecule has 8 nitrogen and oxygen atoms in total. The number of halogens is 2. The molecule has 0 spiro atoms. The van der Waals surface area contributed by atoms with E-state index in [4.69, 9.17) is 10.00 Å². The van der Waals surface area contributed by atoms with E-state index in [0.717, 1.165) is 6.07 Å². The van der Waals surface area contributed by atoms with Gasteiger partial charge in [-0.25, -0.2) is 23.6 Å². The number of aromatic nitrogens is 2. The van der Waals surface area contributed by atoms with Crippen LogP contribution in [0.5, 0.6) is 5.88 Å². The van der Waals surface area contributed by atoms with Crippen molar-refractivity contribution >= 4 is 12.2 Å². The summed E-state index contributed by atoms with van der Waals surface area (Å²) in [4.78, 5) is 21.9. The minimum atomic E-state index is -0.701. The highest BCUT2D eigenvalue weighted by Gasteiger charge is 2.39. The average molecular weight is 384 g/mol. The van der Waals surface area contributed by atoms with Crippen LogP contribution in [0.1, 0.15) is 23.9 Å². The van der Waals surface area contributed by atoms with E-state index in [2.05, 4.69) is 15.1 Å². The number of amides is 2. The van der Waals surface area contributed by atoms with Crippen LogP contribution in [0.15, 0.2) is 35.6 Å². The number of hydrogen-bond acceptors (Lipinski definition) is 6. The van der Waals surface area contributed by atoms with Crippen LogP contribution in [-0.4, -0.2) is 51.3 Å². The molecule has 0 radical (unpaired) electrons. The van der Waals surface area contributed by atoms with Gasteiger partial charge in [-0.2, -0.15) is 15.3 Å². The molecule has 4 rings (SSSR count). The van der Waals surface area contributed by atoms with Crippen molar-refractivity contribution in [2.24, 2.45) is 5.10 Å². The first kappa shape index (κ1) is 17.8. The molecular formula is C18H14F2N6O2. The van der Waals surface area contributed by atoms with Gasteiger partial charge in [0.1, 0.15) is 23.8 Å². The van der Waals surface area contributed by atoms with Gasteiger partial charge in [-0.05, 0) is 17.7 Å². The summed E-state index contributed by atoms with van der Waals surface area (Å²) in [5.41, 5.74) is 0.349. The van der Waals surface area contributed by atoms with Crippen molar-refractivity contribution < 1.29 is 18.3 Å². The number of nitrogens with zero attached hydrogens (tertiary/aromatic N) is 6. The molecule has 1 fully saturated rings. The van der Waals surface area contributed by atoms with Gasteiger partial charge in [-0.1, -0.05) is 0 Å². The summed E-state index contributed by atoms with van der Waals surface area (Å²) < 4.78 is 32.7. The lowest BCUT2D eigenvalue weighted by Crippen LogP contribution is -2.58. The molecule has 0 unspecified atom stereocenters. The molecule has 0 aliphatic carbocycles. The smallest absolute Gasteiger partial charge is 0.341 e. The molecule has 10 heteroatoms. The minimum Gasteiger partial charge on any atom is -0.470 e. The van der Waals surface area contributed by atoms with Gasteiger partial charge in [0.15, 0.2) is 0 Å². The van der Waals surface area contributed by atoms with Gasteiger partial charge in [-0.3, -0.25) is 0 Å². The monoisotopic (exact) mass is 384 g/mol. The summed E-state index contributed by atoms with van der Waals surface area (Å²) in [5.74, 6) is -1.14. The molecule has 0 saturated carbocycles. The third kappa shape index (κ3) is 3.46. The predicted molar refractivity (Wildman–Crippen MR) is 92.2 cm³/mol. The van der Waals surface area contributed by atoms with Gasteiger partial charge in [0.05, 0.1) is 19.1 Å². The van der Waals surface area contributed by atoms with E-state index in [1.807, 2.05) is 6.07 Å². The standard InChI is InChI=1S/C18H14F2N6O2/c19-12-5-11(6-13(20)7-12)15-1-4-23-26(15)18(27)25-9-14(10-25)28-17-2-3-22-16(8-21)24-17/h2-7,14-15H,1,9-10H2/t15-/m0/s1. The van der Waals surface area contributed by atoms with Crippen LogP contribution in [0, 0.1) is 23.0 Å². The maximum Gasteiger partial charge on any atom is 0.341 e. The fourth-order valence-corrected chi connectivity index (χ4v) is 3.09. The summed E-state index contributed by atoms with van der Waals surface area (Å²) >= 11 is 0. The minimum absolute atomic E-state index is 0.00123. The Morgan fingerprint density at radius 2 is 2.00 bits per heavy atom. The molecule has 0 N–H and O–H groups in total. The quantitative estimate of drug-likeness (QED) is 0.809. The first-order chi connectivity index (χ1) is 13.5. The molecule has 1 aromatic heterocycles. The summed E-state index contributed by atoms with van der Waals surface area (Å²) in [6, 6.07) is 5.62. The number of urea groups is 1. The van der Waals surface area contributed by atoms with E-state index in [9.17, 15) is 13.6 Å². The number of likely N-dealkylation sites (tertiary alicyclic amines) is 1. The van der Waals surface area contributed by atoms with Crippen LogP contribution >= 0.6 is 0 Å². The number of carbonyl (C=O) groups is 1. The van der Waals surface area contributed by atoms with Crippen molar-refractivity contribution in [1.29, 1.82) is 5.26 Å². The van der Waals surface area contributed by atoms with Crippen LogP contribution < -0.4 is 4.74 Å². The van der Waals surface area contributed by atoms with Gasteiger partial charge in [0.25, 0.3) is 0 Å². The van der Waals surface area contributed by atoms with E-state index in [1.54, 1.807) is 6.21 Å². The van der Waals surface area contributed by atoms with Crippen LogP contribution in [-0.2, 0) is 0 Å². The fourth-order valence-electron chi connectivity index (χ4n) is 3.09. The Morgan fingerprint density at radius 1 is 1.25 bits per heavy atom. The second kappa shape index (κ2) is 7.19. The third-order valence-electron chi connectivity index (χ3n) is 4.43. The second-order valence-electron chi connectivity index (χ2n) is 6.35. The Labute approximate surface area is 158 Å². The Bertz CT molecular complexity index is 966. The molecule has 142 valence electrons. The SMILES string of the molecule is N#Cc1nccc(OC2CN(C(=O)N3N=CC[C@H]3c3cc(F)cc(F)c3)C2)n1. The third-order valence-corrected chi connectivity index (χ3v) is 4.43. The van der Waals surface area contributed by atoms with Crippen LogP contribution in [0.4, 0.5) is 13.6 Å². The van der Waals surface area contributed by atoms with Crippen molar-refractivity contribution in [3.05, 3.63) is 53.5 Å². The summed E-state index contributed by atoms with van der Waals surface area (Å²) in [6.07, 6.45) is 3.07. The molecule has 1 atom stereocenters. The second-order valence-corrected chi connectivity index (χ2v) is 6.35. The Balaban J connectivity index is 1.38. The predicted octanol–water partition coefficient (Wildman–Crippen LogP) is 2.24. The molecule has 1 aromatic carbocycles. The summed E-state index contributed by atoms with van der Waals surface area (Å²) in [5, 5.41) is 14.1. The number of nitriles is 1. The fraction of sp³-hybridized carbons (Fsp3) is 0.278. The Hall–Kier alpha value is -3.61. The molecule has 28 heavy (non-hydrogen) atoms. The number of hydrogen-bond donors (Lipinski definition) is 0. The zero-order valence-electron chi connectivity index (χ0n) is 14.5. The molecule has 3 heterocycles. The highest BCUT2D eigenvalue weighted by Crippen LogP contribution is 2.31. The van der Waals surface area contributed by atoms with Crippen molar-refractivity contribution in [2.45, 2.75) is 18.6 Å². The molecule has 2 aromatic rings. The van der Waals surface area contributed by atoms with Crippen LogP contribution in [0.3, 0.4) is 0 Å². The van der Waals surface area contributed by atoms with Crippen molar-refractivity contribution in [3.63, 3.8) is 0 Å². The number of hydrazone groups is 1. The zero-order valence-corrected chi connectivity index (χ0v) is 14.5. The van der Waals surface area contributed by atoms with Crippen molar-refractivity contribution in [1.82, 2.24) is 19.9 Å². The molecular weight excluding hydrogens is 370 g/mol. The maximum absolute atomic E-state index is 13.5. The highest BCUT2D eigenvalue weighted by molar-refractivity contribution is 5.79. The molecule has 2 aliphatic rings. The highest BCUT2D eigenvalue weighted by atomic mass is 19.1. The number of carbonyl (C=O) groups excluding carboxylic acids is 1. The number of rotatable bonds is 3. The van der Waals surface area contributed by atoms with Crippen molar-refractivity contribution in [2.75, 3.05) is 13.1 Å². The van der Waals surface area contributed by atoms with E-state index < -0.39 is 17.7 Å². The Morgan fingerprint density at radius 3 is 2.71 bits per heavy atom. The topological polar surface area (TPSA) is 94.7 Å². The molecule has 2 amide bonds. The lowest BCUT2D eigenvalue weighted by Gasteiger charge is -2.40. The average Bonchev–Trinajstić information content (AvgIpc) is 3.13. The largest absolute Gasteiger partial charge is 0.470 e. The van der Waals surface area contributed by atoms with Crippen molar-refractivity contribution in [3.8, 4) is 11.9 Å². The first-order valence-corrected chi connectivity index (χ1v) is 8.50. The number of ether oxygens (including phenoxy) is 1. The van der Waals surface area contributed by atoms with E-state index in [-0.39, 0.29) is 23.8 Å². The summed E-state index contributed by atoms with van der Waals surface area (Å²) in [6.45, 7) is 0.613. The lowest BCUT2D eigenvalue weighted by molar-refractivity contribution is 0.0251. The van der Waals surface area contributed by atoms with Gasteiger partial charge >= 0.3 is 6.03 Å². The molecule has 1 saturated heterocycles. The van der Waals surface area contributed by atoms with Crippen LogP contribution in [0.2, 0.25) is 0 Å². The molecule has 2 aliphatic heterocycles. The summed E-state index contributed by atoms with van der Waals surface area (Å²) in [7, 11) is 0. The number of benzene rings is 1. The van der Waals surface area contributed by atoms with Gasteiger partial charge in [0, 0.05) is 31.0 Å². The van der Waals surface area contributed by atoms with Gasteiger partial charge in [-0.15, -0.1) is 0 Å². The lowest BCUT2D eigenvalue weighted by atomic mass is 10.0. The normalized spacial score (nSPS) is 18.7. The van der Waals surface area contributed by atoms with Gasteiger partial charge in [0.2, 0.25) is 11.7 Å². The van der Waals surface area contributed by atoms with E-state index in [1.165, 1.54) is 34.3 Å². The van der Waals surface area contributed by atoms with E-state index in [0.29, 0.717) is 25.1 Å². The first-order valence-electron chi connectivity index (χ1n) is 8.50. The van der Waals surface area contributed by atoms with Gasteiger partial charge < -0.3 is 9.64 Å².